The number of thiazole rings is 1. The zero-order chi connectivity index (χ0) is 62.4. The van der Waals surface area contributed by atoms with E-state index in [1.165, 1.54) is 11.3 Å². The van der Waals surface area contributed by atoms with Crippen LogP contribution in [0.4, 0.5) is 15.6 Å². The smallest absolute Gasteiger partial charge is 0.325 e. The van der Waals surface area contributed by atoms with E-state index in [9.17, 15) is 19.2 Å². The SMILES string of the molecule is C=C/C=C(\C=C)CNC(=O)C(c1cccc(OC(C)C)c1)N(C(=O)CCc1ccc(OCCCCN(C)CCOCCOCC/C(C=NCCOCCOc2ccc(NC(=O)Nc3nc(CC)cs3)cc2)=N/N)cc1)C1CC1.CN1CCN(C=O)CC1. The van der Waals surface area contributed by atoms with Crippen molar-refractivity contribution in [3.63, 3.8) is 0 Å². The lowest BCUT2D eigenvalue weighted by molar-refractivity contribution is -0.141. The summed E-state index contributed by atoms with van der Waals surface area (Å²) in [6.45, 7) is 23.6. The number of carbonyl (C=O) groups excluding carboxylic acids is 4. The first-order valence-corrected chi connectivity index (χ1v) is 31.0. The second-order valence-electron chi connectivity index (χ2n) is 21.2. The number of piperazine rings is 1. The lowest BCUT2D eigenvalue weighted by atomic mass is 10.0. The van der Waals surface area contributed by atoms with Gasteiger partial charge in [0.1, 0.15) is 29.9 Å². The number of benzene rings is 3. The molecule has 87 heavy (non-hydrogen) atoms. The number of hydrogen-bond acceptors (Lipinski definition) is 17. The van der Waals surface area contributed by atoms with Crippen LogP contribution in [-0.4, -0.2) is 192 Å². The van der Waals surface area contributed by atoms with Crippen molar-refractivity contribution in [1.82, 2.24) is 29.9 Å². The quantitative estimate of drug-likeness (QED) is 0.00815. The number of carbonyl (C=O) groups is 4. The number of urea groups is 1. The molecular weight excluding hydrogens is 1130 g/mol. The molecule has 474 valence electrons. The normalized spacial score (nSPS) is 14.0. The zero-order valence-corrected chi connectivity index (χ0v) is 52.5. The van der Waals surface area contributed by atoms with Gasteiger partial charge in [-0.15, -0.1) is 11.3 Å². The first-order valence-electron chi connectivity index (χ1n) is 30.1. The minimum atomic E-state index is -0.809. The molecule has 2 aliphatic rings. The Hall–Kier alpha value is -7.47. The molecule has 1 unspecified atom stereocenters. The van der Waals surface area contributed by atoms with Crippen molar-refractivity contribution in [3.05, 3.63) is 132 Å². The highest BCUT2D eigenvalue weighted by molar-refractivity contribution is 7.13. The van der Waals surface area contributed by atoms with Crippen molar-refractivity contribution < 1.29 is 47.6 Å². The molecule has 1 aliphatic heterocycles. The van der Waals surface area contributed by atoms with Crippen molar-refractivity contribution >= 4 is 58.3 Å². The van der Waals surface area contributed by atoms with E-state index >= 15 is 0 Å². The molecule has 4 aromatic rings. The van der Waals surface area contributed by atoms with Crippen LogP contribution in [0.1, 0.15) is 82.2 Å². The standard InChI is InChI=1S/C59H81N9O9S.C6H12N2O/c1-7-13-45(8-2)41-62-57(70)56(47-14-12-15-54(40-47)77-44(4)5)68(51-21-22-51)55(69)27-18-46-16-23-52(24-17-46)75-32-11-10-30-67(6)31-35-74-37-36-72-33-28-50(66-60)42-61-29-34-73-38-39-76-53-25-19-49(20-26-53)63-58(71)65-59-64-48(9-3)43-78-59;1-7-2-4-8(6-9)5-3-7/h7-8,12-17,19-20,23-26,40,42-44,51,56H,1-2,9-11,18,21-22,27-39,41,60H2,3-6H3,(H,62,70)(H2,63,64,65,71);6H,2-5H2,1H3/b45-13+,61-42?,66-50-;. The minimum Gasteiger partial charge on any atom is -0.494 e. The number of likely N-dealkylation sites (N-methyl/N-ethyl adjacent to an activating group) is 2. The summed E-state index contributed by atoms with van der Waals surface area (Å²) in [7, 11) is 4.15. The summed E-state index contributed by atoms with van der Waals surface area (Å²) in [5, 5.41) is 14.9. The summed E-state index contributed by atoms with van der Waals surface area (Å²) in [4.78, 5) is 67.2. The number of hydrogen-bond donors (Lipinski definition) is 4. The third-order valence-electron chi connectivity index (χ3n) is 13.8. The first-order chi connectivity index (χ1) is 42.3. The molecule has 6 rings (SSSR count). The molecule has 1 aliphatic carbocycles. The van der Waals surface area contributed by atoms with Crippen molar-refractivity contribution in [1.29, 1.82) is 0 Å². The van der Waals surface area contributed by atoms with Gasteiger partial charge in [0.2, 0.25) is 18.2 Å². The molecule has 1 aromatic heterocycles. The third-order valence-corrected chi connectivity index (χ3v) is 14.6. The van der Waals surface area contributed by atoms with Gasteiger partial charge in [-0.2, -0.15) is 5.10 Å². The lowest BCUT2D eigenvalue weighted by Crippen LogP contribution is -2.45. The van der Waals surface area contributed by atoms with Gasteiger partial charge < -0.3 is 64.5 Å². The number of allylic oxidation sites excluding steroid dienone is 2. The van der Waals surface area contributed by atoms with E-state index < -0.39 is 6.04 Å². The Bertz CT molecular complexity index is 2760. The van der Waals surface area contributed by atoms with Crippen molar-refractivity contribution in [2.75, 3.05) is 130 Å². The highest BCUT2D eigenvalue weighted by atomic mass is 32.1. The Morgan fingerprint density at radius 2 is 1.54 bits per heavy atom. The molecule has 3 aromatic carbocycles. The van der Waals surface area contributed by atoms with Gasteiger partial charge in [0, 0.05) is 75.4 Å². The Labute approximate surface area is 519 Å². The van der Waals surface area contributed by atoms with Crippen LogP contribution in [0.15, 0.2) is 125 Å². The van der Waals surface area contributed by atoms with Crippen LogP contribution in [0.25, 0.3) is 0 Å². The fourth-order valence-corrected chi connectivity index (χ4v) is 9.56. The summed E-state index contributed by atoms with van der Waals surface area (Å²) in [6, 6.07) is 21.3. The number of aryl methyl sites for hydroxylation is 2. The Kier molecular flexibility index (Phi) is 33.0. The maximum absolute atomic E-state index is 14.1. The molecule has 1 atom stereocenters. The first kappa shape index (κ1) is 70.3. The van der Waals surface area contributed by atoms with E-state index in [1.807, 2.05) is 74.7 Å². The van der Waals surface area contributed by atoms with Gasteiger partial charge >= 0.3 is 6.03 Å². The number of hydrazone groups is 1. The molecule has 21 nitrogen and oxygen atoms in total. The summed E-state index contributed by atoms with van der Waals surface area (Å²) in [5.74, 6) is 7.35. The molecule has 1 saturated heterocycles. The molecule has 0 spiro atoms. The van der Waals surface area contributed by atoms with Gasteiger partial charge in [0.05, 0.1) is 70.3 Å². The molecule has 2 heterocycles. The van der Waals surface area contributed by atoms with Crippen LogP contribution in [0.5, 0.6) is 17.2 Å². The van der Waals surface area contributed by atoms with Crippen LogP contribution in [0, 0.1) is 0 Å². The van der Waals surface area contributed by atoms with E-state index in [-0.39, 0.29) is 43.0 Å². The molecule has 0 radical (unpaired) electrons. The van der Waals surface area contributed by atoms with E-state index in [0.29, 0.717) is 106 Å². The van der Waals surface area contributed by atoms with Crippen LogP contribution < -0.4 is 36.0 Å². The number of nitrogens with two attached hydrogens (primary N) is 1. The van der Waals surface area contributed by atoms with E-state index in [2.05, 4.69) is 68.1 Å². The van der Waals surface area contributed by atoms with Gasteiger partial charge in [-0.1, -0.05) is 62.6 Å². The lowest BCUT2D eigenvalue weighted by Gasteiger charge is -2.32. The molecular formula is C65H93N11O10S. The molecule has 22 heteroatoms. The van der Waals surface area contributed by atoms with Gasteiger partial charge in [0.15, 0.2) is 5.13 Å². The number of ether oxygens (including phenoxy) is 6. The number of amides is 5. The van der Waals surface area contributed by atoms with E-state index in [1.54, 1.807) is 58.5 Å². The molecule has 5 N–H and O–H groups in total. The minimum absolute atomic E-state index is 0.00757. The Balaban J connectivity index is 0.00000140. The van der Waals surface area contributed by atoms with Crippen LogP contribution >= 0.6 is 11.3 Å². The summed E-state index contributed by atoms with van der Waals surface area (Å²) in [6.07, 6.45) is 13.4. The van der Waals surface area contributed by atoms with Gasteiger partial charge in [0.25, 0.3) is 0 Å². The van der Waals surface area contributed by atoms with Crippen LogP contribution in [0.2, 0.25) is 0 Å². The number of nitrogens with zero attached hydrogens (tertiary/aromatic N) is 7. The van der Waals surface area contributed by atoms with Crippen LogP contribution in [-0.2, 0) is 41.4 Å². The summed E-state index contributed by atoms with van der Waals surface area (Å²) < 4.78 is 34.9. The third kappa shape index (κ3) is 28.3. The highest BCUT2D eigenvalue weighted by Gasteiger charge is 2.41. The zero-order valence-electron chi connectivity index (χ0n) is 51.7. The van der Waals surface area contributed by atoms with E-state index in [0.717, 1.165) is 100 Å². The Morgan fingerprint density at radius 1 is 0.839 bits per heavy atom. The van der Waals surface area contributed by atoms with E-state index in [4.69, 9.17) is 34.3 Å². The van der Waals surface area contributed by atoms with Crippen molar-refractivity contribution in [2.45, 2.75) is 90.3 Å². The van der Waals surface area contributed by atoms with Gasteiger partial charge in [-0.05, 0) is 138 Å². The molecule has 0 bridgehead atoms. The second-order valence-corrected chi connectivity index (χ2v) is 22.1. The predicted octanol–water partition coefficient (Wildman–Crippen LogP) is 8.60. The average Bonchev–Trinajstić information content (AvgIpc) is 2.58. The topological polar surface area (TPSA) is 236 Å². The largest absolute Gasteiger partial charge is 0.494 e. The number of aromatic nitrogens is 1. The number of aliphatic imine (C=N–C) groups is 1. The van der Waals surface area contributed by atoms with Gasteiger partial charge in [-0.25, -0.2) is 9.78 Å². The monoisotopic (exact) mass is 1220 g/mol. The van der Waals surface area contributed by atoms with Crippen LogP contribution in [0.3, 0.4) is 0 Å². The fourth-order valence-electron chi connectivity index (χ4n) is 8.77. The summed E-state index contributed by atoms with van der Waals surface area (Å²) in [5.41, 5.74) is 4.76. The van der Waals surface area contributed by atoms with Crippen molar-refractivity contribution in [2.24, 2.45) is 15.9 Å². The highest BCUT2D eigenvalue weighted by Crippen LogP contribution is 2.37. The number of anilines is 2. The maximum atomic E-state index is 14.1. The van der Waals surface area contributed by atoms with Crippen molar-refractivity contribution in [3.8, 4) is 17.2 Å². The fraction of sp³-hybridized carbons (Fsp3) is 0.492. The maximum Gasteiger partial charge on any atom is 0.325 e. The summed E-state index contributed by atoms with van der Waals surface area (Å²) >= 11 is 1.39. The second kappa shape index (κ2) is 40.8. The Morgan fingerprint density at radius 3 is 2.21 bits per heavy atom. The number of unbranched alkanes of at least 4 members (excludes halogenated alkanes) is 1. The average molecular weight is 1220 g/mol. The molecule has 1 saturated carbocycles. The molecule has 2 fully saturated rings. The molecule has 5 amide bonds. The number of nitrogens with one attached hydrogen (secondary N) is 3. The predicted molar refractivity (Wildman–Crippen MR) is 347 cm³/mol. The van der Waals surface area contributed by atoms with Gasteiger partial charge in [-0.3, -0.25) is 24.7 Å². The number of rotatable bonds is 40.